The molecule has 0 spiro atoms. The maximum atomic E-state index is 12.9. The molecule has 2 N–H and O–H groups in total. The maximum absolute atomic E-state index is 12.9. The van der Waals surface area contributed by atoms with Gasteiger partial charge < -0.3 is 15.1 Å². The number of amides is 1. The van der Waals surface area contributed by atoms with Crippen molar-refractivity contribution >= 4 is 29.1 Å². The second-order valence-corrected chi connectivity index (χ2v) is 8.50. The summed E-state index contributed by atoms with van der Waals surface area (Å²) in [6.45, 7) is 0. The number of nitrogens with one attached hydrogen (secondary N) is 2. The Labute approximate surface area is 191 Å². The third-order valence-electron chi connectivity index (χ3n) is 5.31. The summed E-state index contributed by atoms with van der Waals surface area (Å²) in [4.78, 5) is 25.1. The number of halogens is 3. The van der Waals surface area contributed by atoms with Gasteiger partial charge in [-0.2, -0.15) is 18.4 Å². The number of thioether (sulfide) groups is 1. The summed E-state index contributed by atoms with van der Waals surface area (Å²) in [6.07, 6.45) is -1.37. The van der Waals surface area contributed by atoms with Gasteiger partial charge in [0.1, 0.15) is 5.76 Å². The Balaban J connectivity index is 1.54. The Morgan fingerprint density at radius 3 is 2.79 bits per heavy atom. The highest BCUT2D eigenvalue weighted by atomic mass is 32.2. The number of nitriles is 1. The van der Waals surface area contributed by atoms with Gasteiger partial charge in [0.2, 0.25) is 5.91 Å². The first-order chi connectivity index (χ1) is 15.8. The number of dihydropyridines is 1. The van der Waals surface area contributed by atoms with Crippen LogP contribution in [0.25, 0.3) is 0 Å². The molecule has 0 saturated carbocycles. The minimum atomic E-state index is -4.52. The van der Waals surface area contributed by atoms with Crippen molar-refractivity contribution in [3.63, 3.8) is 0 Å². The van der Waals surface area contributed by atoms with E-state index in [1.165, 1.54) is 18.4 Å². The minimum Gasteiger partial charge on any atom is -0.468 e. The first-order valence-corrected chi connectivity index (χ1v) is 11.1. The number of hydrogen-bond acceptors (Lipinski definition) is 6. The summed E-state index contributed by atoms with van der Waals surface area (Å²) in [6, 6.07) is 9.88. The van der Waals surface area contributed by atoms with Crippen LogP contribution in [-0.2, 0) is 15.8 Å². The number of benzene rings is 1. The molecule has 170 valence electrons. The Morgan fingerprint density at radius 2 is 2.09 bits per heavy atom. The van der Waals surface area contributed by atoms with Crippen molar-refractivity contribution in [3.05, 3.63) is 75.9 Å². The summed E-state index contributed by atoms with van der Waals surface area (Å²) in [5.41, 5.74) is 0.630. The molecule has 1 unspecified atom stereocenters. The fraction of sp³-hybridized carbons (Fsp3) is 0.261. The zero-order chi connectivity index (χ0) is 23.6. The summed E-state index contributed by atoms with van der Waals surface area (Å²) in [7, 11) is 0. The molecular weight excluding hydrogens is 455 g/mol. The Bertz CT molecular complexity index is 1190. The van der Waals surface area contributed by atoms with Crippen LogP contribution in [0.15, 0.2) is 69.0 Å². The minimum absolute atomic E-state index is 0.0258. The van der Waals surface area contributed by atoms with Gasteiger partial charge >= 0.3 is 6.18 Å². The summed E-state index contributed by atoms with van der Waals surface area (Å²) >= 11 is 1.05. The SMILES string of the molecule is N#CC1=C(SCC(=O)Nc2cccc(C(F)(F)F)c2)NC2=C(C(=O)CCC2)C1c1ccco1. The number of ketones is 1. The van der Waals surface area contributed by atoms with Crippen LogP contribution >= 0.6 is 11.8 Å². The fourth-order valence-electron chi connectivity index (χ4n) is 3.89. The van der Waals surface area contributed by atoms with Crippen LogP contribution in [0.4, 0.5) is 18.9 Å². The molecule has 0 radical (unpaired) electrons. The van der Waals surface area contributed by atoms with Crippen molar-refractivity contribution in [3.8, 4) is 6.07 Å². The molecule has 2 aromatic rings. The van der Waals surface area contributed by atoms with Crippen LogP contribution < -0.4 is 10.6 Å². The second kappa shape index (κ2) is 9.19. The van der Waals surface area contributed by atoms with E-state index in [0.29, 0.717) is 41.3 Å². The van der Waals surface area contributed by atoms with Gasteiger partial charge in [0.15, 0.2) is 5.78 Å². The lowest BCUT2D eigenvalue weighted by Crippen LogP contribution is -2.31. The third-order valence-corrected chi connectivity index (χ3v) is 6.33. The van der Waals surface area contributed by atoms with Gasteiger partial charge in [-0.05, 0) is 43.2 Å². The summed E-state index contributed by atoms with van der Waals surface area (Å²) < 4.78 is 44.2. The molecule has 1 aliphatic heterocycles. The van der Waals surface area contributed by atoms with E-state index in [9.17, 15) is 28.0 Å². The molecular formula is C23H18F3N3O3S. The monoisotopic (exact) mass is 473 g/mol. The van der Waals surface area contributed by atoms with E-state index < -0.39 is 23.6 Å². The van der Waals surface area contributed by atoms with E-state index in [1.54, 1.807) is 12.1 Å². The van der Waals surface area contributed by atoms with Crippen molar-refractivity contribution in [2.45, 2.75) is 31.4 Å². The van der Waals surface area contributed by atoms with Crippen molar-refractivity contribution in [2.75, 3.05) is 11.1 Å². The molecule has 2 aliphatic rings. The number of anilines is 1. The number of carbonyl (C=O) groups excluding carboxylic acids is 2. The average Bonchev–Trinajstić information content (AvgIpc) is 3.31. The largest absolute Gasteiger partial charge is 0.468 e. The Hall–Kier alpha value is -3.45. The number of carbonyl (C=O) groups is 2. The van der Waals surface area contributed by atoms with E-state index >= 15 is 0 Å². The number of rotatable bonds is 5. The van der Waals surface area contributed by atoms with Crippen LogP contribution in [0.2, 0.25) is 0 Å². The van der Waals surface area contributed by atoms with Crippen LogP contribution in [-0.4, -0.2) is 17.4 Å². The van der Waals surface area contributed by atoms with E-state index in [2.05, 4.69) is 16.7 Å². The second-order valence-electron chi connectivity index (χ2n) is 7.51. The van der Waals surface area contributed by atoms with E-state index in [0.717, 1.165) is 23.9 Å². The molecule has 1 aliphatic carbocycles. The van der Waals surface area contributed by atoms with Crippen molar-refractivity contribution in [1.82, 2.24) is 5.32 Å². The lowest BCUT2D eigenvalue weighted by atomic mass is 9.79. The van der Waals surface area contributed by atoms with E-state index in [-0.39, 0.29) is 22.8 Å². The number of furan rings is 1. The highest BCUT2D eigenvalue weighted by molar-refractivity contribution is 8.03. The number of hydrogen-bond donors (Lipinski definition) is 2. The molecule has 0 bridgehead atoms. The van der Waals surface area contributed by atoms with E-state index in [1.807, 2.05) is 0 Å². The van der Waals surface area contributed by atoms with Gasteiger partial charge in [0.25, 0.3) is 0 Å². The molecule has 0 fully saturated rings. The predicted octanol–water partition coefficient (Wildman–Crippen LogP) is 5.10. The molecule has 2 heterocycles. The topological polar surface area (TPSA) is 95.1 Å². The van der Waals surface area contributed by atoms with Gasteiger partial charge in [-0.1, -0.05) is 17.8 Å². The molecule has 0 saturated heterocycles. The van der Waals surface area contributed by atoms with Crippen LogP contribution in [0, 0.1) is 11.3 Å². The smallest absolute Gasteiger partial charge is 0.416 e. The first-order valence-electron chi connectivity index (χ1n) is 10.1. The average molecular weight is 473 g/mol. The number of Topliss-reactive ketones (excluding diaryl/α,β-unsaturated/α-hetero) is 1. The fourth-order valence-corrected chi connectivity index (χ4v) is 4.75. The van der Waals surface area contributed by atoms with Crippen molar-refractivity contribution in [1.29, 1.82) is 5.26 Å². The number of allylic oxidation sites excluding steroid dienone is 3. The molecule has 10 heteroatoms. The van der Waals surface area contributed by atoms with Crippen molar-refractivity contribution < 1.29 is 27.2 Å². The van der Waals surface area contributed by atoms with Crippen molar-refractivity contribution in [2.24, 2.45) is 0 Å². The molecule has 1 amide bonds. The molecule has 1 atom stereocenters. The number of nitrogens with zero attached hydrogens (tertiary/aromatic N) is 1. The van der Waals surface area contributed by atoms with Crippen LogP contribution in [0.5, 0.6) is 0 Å². The zero-order valence-electron chi connectivity index (χ0n) is 17.2. The van der Waals surface area contributed by atoms with Gasteiger partial charge in [-0.3, -0.25) is 9.59 Å². The zero-order valence-corrected chi connectivity index (χ0v) is 18.0. The Morgan fingerprint density at radius 1 is 1.27 bits per heavy atom. The Kier molecular flexibility index (Phi) is 6.33. The third kappa shape index (κ3) is 4.83. The molecule has 6 nitrogen and oxygen atoms in total. The molecule has 1 aromatic heterocycles. The highest BCUT2D eigenvalue weighted by Gasteiger charge is 2.38. The maximum Gasteiger partial charge on any atom is 0.416 e. The van der Waals surface area contributed by atoms with Gasteiger partial charge in [0.05, 0.1) is 40.2 Å². The normalized spacial score (nSPS) is 18.5. The highest BCUT2D eigenvalue weighted by Crippen LogP contribution is 2.44. The number of alkyl halides is 3. The molecule has 33 heavy (non-hydrogen) atoms. The quantitative estimate of drug-likeness (QED) is 0.628. The summed E-state index contributed by atoms with van der Waals surface area (Å²) in [5.74, 6) is -0.930. The van der Waals surface area contributed by atoms with Gasteiger partial charge in [-0.25, -0.2) is 0 Å². The van der Waals surface area contributed by atoms with E-state index in [4.69, 9.17) is 4.42 Å². The van der Waals surface area contributed by atoms with Crippen LogP contribution in [0.1, 0.15) is 36.5 Å². The molecule has 4 rings (SSSR count). The summed E-state index contributed by atoms with van der Waals surface area (Å²) in [5, 5.41) is 15.9. The lowest BCUT2D eigenvalue weighted by molar-refractivity contribution is -0.137. The lowest BCUT2D eigenvalue weighted by Gasteiger charge is -2.32. The molecule has 1 aromatic carbocycles. The first kappa shape index (κ1) is 22.7. The standard InChI is InChI=1S/C23H18F3N3O3S/c24-23(25,26)13-4-1-5-14(10-13)28-19(31)12-33-22-15(11-27)20(18-8-3-9-32-18)21-16(29-22)6-2-7-17(21)30/h1,3-5,8-10,20,29H,2,6-7,12H2,(H,28,31). The van der Waals surface area contributed by atoms with Crippen LogP contribution in [0.3, 0.4) is 0 Å². The van der Waals surface area contributed by atoms with Gasteiger partial charge in [-0.15, -0.1) is 0 Å². The van der Waals surface area contributed by atoms with Gasteiger partial charge in [0, 0.05) is 23.4 Å². The predicted molar refractivity (Wildman–Crippen MR) is 116 cm³/mol.